The van der Waals surface area contributed by atoms with E-state index < -0.39 is 0 Å². The monoisotopic (exact) mass is 153 g/mol. The Hall–Kier alpha value is -1.10. The first-order chi connectivity index (χ1) is 5.50. The lowest BCUT2D eigenvalue weighted by molar-refractivity contribution is 0.831. The van der Waals surface area contributed by atoms with Gasteiger partial charge in [0.1, 0.15) is 13.3 Å². The third-order valence-corrected chi connectivity index (χ3v) is 1.10. The van der Waals surface area contributed by atoms with Gasteiger partial charge < -0.3 is 0 Å². The third kappa shape index (κ3) is 4.32. The summed E-state index contributed by atoms with van der Waals surface area (Å²) in [5, 5.41) is 10.1. The van der Waals surface area contributed by atoms with E-state index in [-0.39, 0.29) is 0 Å². The lowest BCUT2D eigenvalue weighted by Gasteiger charge is -1.88. The fourth-order valence-corrected chi connectivity index (χ4v) is 0.609. The maximum atomic E-state index is 3.90. The molecule has 60 valence electrons. The molecular formula is C6H11N5. The molecule has 5 nitrogen and oxygen atoms in total. The molecule has 0 atom stereocenters. The molecule has 0 aromatic carbocycles. The van der Waals surface area contributed by atoms with Crippen molar-refractivity contribution in [3.8, 4) is 0 Å². The van der Waals surface area contributed by atoms with Gasteiger partial charge in [-0.25, -0.2) is 0 Å². The summed E-state index contributed by atoms with van der Waals surface area (Å²) in [6.45, 7) is 2.97. The van der Waals surface area contributed by atoms with Crippen LogP contribution in [0.4, 0.5) is 0 Å². The zero-order chi connectivity index (χ0) is 7.78. The molecule has 5 heteroatoms. The van der Waals surface area contributed by atoms with Crippen molar-refractivity contribution in [2.75, 3.05) is 26.4 Å². The van der Waals surface area contributed by atoms with Gasteiger partial charge in [0.05, 0.1) is 13.1 Å². The molecule has 0 saturated heterocycles. The van der Waals surface area contributed by atoms with Gasteiger partial charge in [-0.05, 0) is 0 Å². The first kappa shape index (κ1) is 8.00. The van der Waals surface area contributed by atoms with Crippen molar-refractivity contribution >= 4 is 12.4 Å². The number of hydrogen-bond acceptors (Lipinski definition) is 5. The highest BCUT2D eigenvalue weighted by molar-refractivity contribution is 5.72. The maximum Gasteiger partial charge on any atom is 0.111 e. The van der Waals surface area contributed by atoms with Gasteiger partial charge in [0.15, 0.2) is 0 Å². The Labute approximate surface area is 65.3 Å². The van der Waals surface area contributed by atoms with Crippen LogP contribution in [0.2, 0.25) is 0 Å². The van der Waals surface area contributed by atoms with Crippen LogP contribution in [-0.2, 0) is 0 Å². The van der Waals surface area contributed by atoms with E-state index in [4.69, 9.17) is 0 Å². The molecule has 2 aliphatic heterocycles. The first-order valence-electron chi connectivity index (χ1n) is 3.50. The van der Waals surface area contributed by atoms with Gasteiger partial charge in [-0.15, -0.1) is 0 Å². The van der Waals surface area contributed by atoms with Crippen molar-refractivity contribution in [1.29, 1.82) is 0 Å². The predicted octanol–water partition coefficient (Wildman–Crippen LogP) is 0.0984. The lowest BCUT2D eigenvalue weighted by atomic mass is 10.6. The van der Waals surface area contributed by atoms with E-state index in [1.54, 1.807) is 0 Å². The van der Waals surface area contributed by atoms with Crippen LogP contribution in [0.25, 0.3) is 0 Å². The lowest BCUT2D eigenvalue weighted by Crippen LogP contribution is -2.04. The number of azo groups is 1. The molecule has 0 amide bonds. The van der Waals surface area contributed by atoms with Crippen LogP contribution >= 0.6 is 0 Å². The molecule has 11 heavy (non-hydrogen) atoms. The Morgan fingerprint density at radius 2 is 1.45 bits per heavy atom. The SMILES string of the molecule is C1=NCC=NC1.C1N=NCN1. The van der Waals surface area contributed by atoms with E-state index in [1.165, 1.54) is 0 Å². The summed E-state index contributed by atoms with van der Waals surface area (Å²) in [7, 11) is 0. The smallest absolute Gasteiger partial charge is 0.111 e. The summed E-state index contributed by atoms with van der Waals surface area (Å²) in [5.41, 5.74) is 0. The van der Waals surface area contributed by atoms with Crippen molar-refractivity contribution in [1.82, 2.24) is 5.32 Å². The zero-order valence-electron chi connectivity index (χ0n) is 6.27. The molecule has 0 bridgehead atoms. The van der Waals surface area contributed by atoms with Crippen LogP contribution in [0.15, 0.2) is 20.2 Å². The molecule has 1 N–H and O–H groups in total. The normalized spacial score (nSPS) is 19.6. The van der Waals surface area contributed by atoms with Crippen molar-refractivity contribution < 1.29 is 0 Å². The van der Waals surface area contributed by atoms with Crippen LogP contribution in [0.5, 0.6) is 0 Å². The highest BCUT2D eigenvalue weighted by atomic mass is 15.3. The van der Waals surface area contributed by atoms with Crippen LogP contribution in [0.1, 0.15) is 0 Å². The Morgan fingerprint density at radius 3 is 1.64 bits per heavy atom. The minimum atomic E-state index is 0.708. The molecule has 0 saturated carbocycles. The standard InChI is InChI=1S/C4H6N2.C2H5N3/c1-2-6-4-3-5-1;1-3-2-5-4-1/h1,4H,2-3H2;3H,1-2H2. The molecule has 2 rings (SSSR count). The fourth-order valence-electron chi connectivity index (χ4n) is 0.609. The molecule has 0 spiro atoms. The predicted molar refractivity (Wildman–Crippen MR) is 44.4 cm³/mol. The average Bonchev–Trinajstić information content (AvgIpc) is 2.64. The molecule has 2 heterocycles. The third-order valence-electron chi connectivity index (χ3n) is 1.10. The van der Waals surface area contributed by atoms with E-state index in [9.17, 15) is 0 Å². The summed E-state index contributed by atoms with van der Waals surface area (Å²) in [6, 6.07) is 0. The highest BCUT2D eigenvalue weighted by Gasteiger charge is 1.83. The summed E-state index contributed by atoms with van der Waals surface area (Å²) in [6.07, 6.45) is 3.64. The number of hydrogen-bond donors (Lipinski definition) is 1. The largest absolute Gasteiger partial charge is 0.290 e. The van der Waals surface area contributed by atoms with Gasteiger partial charge in [0.2, 0.25) is 0 Å². The molecule has 0 aliphatic carbocycles. The van der Waals surface area contributed by atoms with Gasteiger partial charge in [-0.3, -0.25) is 15.3 Å². The molecule has 0 aromatic rings. The van der Waals surface area contributed by atoms with Crippen molar-refractivity contribution in [3.05, 3.63) is 0 Å². The first-order valence-corrected chi connectivity index (χ1v) is 3.50. The van der Waals surface area contributed by atoms with Crippen LogP contribution < -0.4 is 5.32 Å². The average molecular weight is 153 g/mol. The second kappa shape index (κ2) is 5.67. The Morgan fingerprint density at radius 1 is 0.909 bits per heavy atom. The van der Waals surface area contributed by atoms with Gasteiger partial charge in [-0.2, -0.15) is 10.2 Å². The second-order valence-corrected chi connectivity index (χ2v) is 1.94. The van der Waals surface area contributed by atoms with E-state index in [0.29, 0.717) is 13.3 Å². The molecule has 0 aromatic heterocycles. The summed E-state index contributed by atoms with van der Waals surface area (Å²) < 4.78 is 0. The zero-order valence-corrected chi connectivity index (χ0v) is 6.27. The Balaban J connectivity index is 0.000000112. The van der Waals surface area contributed by atoms with Crippen molar-refractivity contribution in [3.63, 3.8) is 0 Å². The number of nitrogens with zero attached hydrogens (tertiary/aromatic N) is 4. The summed E-state index contributed by atoms with van der Waals surface area (Å²) >= 11 is 0. The van der Waals surface area contributed by atoms with Crippen LogP contribution in [-0.4, -0.2) is 38.9 Å². The maximum absolute atomic E-state index is 3.90. The van der Waals surface area contributed by atoms with E-state index in [2.05, 4.69) is 25.5 Å². The summed E-state index contributed by atoms with van der Waals surface area (Å²) in [4.78, 5) is 7.81. The van der Waals surface area contributed by atoms with Gasteiger partial charge in [0, 0.05) is 12.4 Å². The topological polar surface area (TPSA) is 61.5 Å². The van der Waals surface area contributed by atoms with Gasteiger partial charge in [0.25, 0.3) is 0 Å². The van der Waals surface area contributed by atoms with E-state index >= 15 is 0 Å². The molecule has 2 aliphatic rings. The second-order valence-electron chi connectivity index (χ2n) is 1.94. The Kier molecular flexibility index (Phi) is 4.12. The van der Waals surface area contributed by atoms with E-state index in [0.717, 1.165) is 13.1 Å². The quantitative estimate of drug-likeness (QED) is 0.527. The molecule has 0 fully saturated rings. The number of rotatable bonds is 0. The van der Waals surface area contributed by atoms with Crippen LogP contribution in [0.3, 0.4) is 0 Å². The molecule has 0 radical (unpaired) electrons. The van der Waals surface area contributed by atoms with Gasteiger partial charge in [-0.1, -0.05) is 0 Å². The minimum absolute atomic E-state index is 0.708. The number of nitrogens with one attached hydrogen (secondary N) is 1. The molecule has 0 unspecified atom stereocenters. The molecular weight excluding hydrogens is 142 g/mol. The summed E-state index contributed by atoms with van der Waals surface area (Å²) in [5.74, 6) is 0. The minimum Gasteiger partial charge on any atom is -0.290 e. The number of aliphatic imine (C=N–C) groups is 2. The van der Waals surface area contributed by atoms with E-state index in [1.807, 2.05) is 12.4 Å². The van der Waals surface area contributed by atoms with Crippen molar-refractivity contribution in [2.24, 2.45) is 20.2 Å². The fraction of sp³-hybridized carbons (Fsp3) is 0.667. The van der Waals surface area contributed by atoms with Crippen molar-refractivity contribution in [2.45, 2.75) is 0 Å². The van der Waals surface area contributed by atoms with Crippen LogP contribution in [0, 0.1) is 0 Å². The van der Waals surface area contributed by atoms with Gasteiger partial charge >= 0.3 is 0 Å². The Bertz CT molecular complexity index is 146. The highest BCUT2D eigenvalue weighted by Crippen LogP contribution is 1.76.